The van der Waals surface area contributed by atoms with Gasteiger partial charge in [-0.1, -0.05) is 12.1 Å². The van der Waals surface area contributed by atoms with Crippen molar-refractivity contribution in [2.75, 3.05) is 0 Å². The number of rotatable bonds is 4. The Labute approximate surface area is 158 Å². The summed E-state index contributed by atoms with van der Waals surface area (Å²) in [5.41, 5.74) is 1.25. The van der Waals surface area contributed by atoms with E-state index in [4.69, 9.17) is 5.11 Å². The summed E-state index contributed by atoms with van der Waals surface area (Å²) in [6.45, 7) is 0. The van der Waals surface area contributed by atoms with E-state index in [1.165, 1.54) is 24.3 Å². The molecule has 0 radical (unpaired) electrons. The highest BCUT2D eigenvalue weighted by atomic mass is 19.4. The van der Waals surface area contributed by atoms with Gasteiger partial charge in [-0.3, -0.25) is 0 Å². The summed E-state index contributed by atoms with van der Waals surface area (Å²) in [4.78, 5) is 11.0. The van der Waals surface area contributed by atoms with Crippen molar-refractivity contribution in [3.8, 4) is 11.8 Å². The van der Waals surface area contributed by atoms with Gasteiger partial charge in [0.15, 0.2) is 0 Å². The van der Waals surface area contributed by atoms with Gasteiger partial charge in [-0.15, -0.1) is 0 Å². The lowest BCUT2D eigenvalue weighted by Gasteiger charge is -2.09. The van der Waals surface area contributed by atoms with E-state index in [-0.39, 0.29) is 11.1 Å². The van der Waals surface area contributed by atoms with Gasteiger partial charge in [0, 0.05) is 17.6 Å². The standard InChI is InChI=1S/C21H13F3N2O2/c22-21(23,24)17-7-3-14(4-8-17)16(13-25)12-19-2-1-11-26(19)18-9-5-15(6-10-18)20(27)28/h1-12H,(H,27,28)/b16-12-. The van der Waals surface area contributed by atoms with Crippen molar-refractivity contribution in [1.29, 1.82) is 5.26 Å². The number of hydrogen-bond donors (Lipinski definition) is 1. The molecule has 3 rings (SSSR count). The second-order valence-electron chi connectivity index (χ2n) is 5.90. The summed E-state index contributed by atoms with van der Waals surface area (Å²) in [7, 11) is 0. The quantitative estimate of drug-likeness (QED) is 0.626. The largest absolute Gasteiger partial charge is 0.478 e. The SMILES string of the molecule is N#C/C(=C/c1cccn1-c1ccc(C(=O)O)cc1)c1ccc(C(F)(F)F)cc1. The molecule has 140 valence electrons. The highest BCUT2D eigenvalue weighted by molar-refractivity contribution is 5.89. The predicted octanol–water partition coefficient (Wildman–Crippen LogP) is 5.26. The molecule has 1 aromatic heterocycles. The van der Waals surface area contributed by atoms with Gasteiger partial charge in [-0.2, -0.15) is 18.4 Å². The van der Waals surface area contributed by atoms with Crippen LogP contribution in [0.25, 0.3) is 17.3 Å². The number of aromatic carboxylic acids is 1. The summed E-state index contributed by atoms with van der Waals surface area (Å²) in [5, 5.41) is 18.4. The molecule has 4 nitrogen and oxygen atoms in total. The fourth-order valence-corrected chi connectivity index (χ4v) is 2.68. The molecular formula is C21H13F3N2O2. The smallest absolute Gasteiger partial charge is 0.416 e. The van der Waals surface area contributed by atoms with Crippen molar-refractivity contribution < 1.29 is 23.1 Å². The Morgan fingerprint density at radius 1 is 1.00 bits per heavy atom. The summed E-state index contributed by atoms with van der Waals surface area (Å²) < 4.78 is 39.9. The minimum absolute atomic E-state index is 0.149. The van der Waals surface area contributed by atoms with Crippen LogP contribution in [-0.2, 0) is 6.18 Å². The van der Waals surface area contributed by atoms with Crippen molar-refractivity contribution >= 4 is 17.6 Å². The van der Waals surface area contributed by atoms with Gasteiger partial charge in [0.05, 0.1) is 22.8 Å². The summed E-state index contributed by atoms with van der Waals surface area (Å²) in [5.74, 6) is -1.03. The Hall–Kier alpha value is -3.79. The average molecular weight is 382 g/mol. The fourth-order valence-electron chi connectivity index (χ4n) is 2.68. The van der Waals surface area contributed by atoms with E-state index in [1.807, 2.05) is 6.07 Å². The van der Waals surface area contributed by atoms with E-state index >= 15 is 0 Å². The van der Waals surface area contributed by atoms with Crippen LogP contribution in [0.5, 0.6) is 0 Å². The molecule has 3 aromatic rings. The van der Waals surface area contributed by atoms with Crippen LogP contribution in [0.1, 0.15) is 27.2 Å². The first-order valence-electron chi connectivity index (χ1n) is 8.10. The van der Waals surface area contributed by atoms with Crippen LogP contribution in [0.15, 0.2) is 66.9 Å². The molecule has 0 aliphatic rings. The van der Waals surface area contributed by atoms with Crippen molar-refractivity contribution in [3.63, 3.8) is 0 Å². The van der Waals surface area contributed by atoms with Crippen LogP contribution in [0.2, 0.25) is 0 Å². The highest BCUT2D eigenvalue weighted by Crippen LogP contribution is 2.30. The van der Waals surface area contributed by atoms with Crippen LogP contribution in [0, 0.1) is 11.3 Å². The minimum atomic E-state index is -4.44. The van der Waals surface area contributed by atoms with Gasteiger partial charge in [-0.25, -0.2) is 4.79 Å². The number of carbonyl (C=O) groups is 1. The molecule has 1 heterocycles. The summed E-state index contributed by atoms with van der Waals surface area (Å²) in [6.07, 6.45) is -1.14. The Morgan fingerprint density at radius 2 is 1.61 bits per heavy atom. The van der Waals surface area contributed by atoms with E-state index in [1.54, 1.807) is 41.1 Å². The monoisotopic (exact) mass is 382 g/mol. The minimum Gasteiger partial charge on any atom is -0.478 e. The molecule has 1 N–H and O–H groups in total. The van der Waals surface area contributed by atoms with E-state index < -0.39 is 17.7 Å². The zero-order chi connectivity index (χ0) is 20.3. The number of aromatic nitrogens is 1. The van der Waals surface area contributed by atoms with Crippen molar-refractivity contribution in [2.24, 2.45) is 0 Å². The lowest BCUT2D eigenvalue weighted by Crippen LogP contribution is -2.04. The third kappa shape index (κ3) is 3.96. The van der Waals surface area contributed by atoms with E-state index in [2.05, 4.69) is 0 Å². The number of carboxylic acids is 1. The Morgan fingerprint density at radius 3 is 2.14 bits per heavy atom. The predicted molar refractivity (Wildman–Crippen MR) is 97.7 cm³/mol. The molecule has 0 bridgehead atoms. The van der Waals surface area contributed by atoms with Gasteiger partial charge in [-0.05, 0) is 60.2 Å². The third-order valence-electron chi connectivity index (χ3n) is 4.11. The molecule has 0 saturated heterocycles. The number of nitriles is 1. The topological polar surface area (TPSA) is 66.0 Å². The van der Waals surface area contributed by atoms with Crippen molar-refractivity contribution in [2.45, 2.75) is 6.18 Å². The molecular weight excluding hydrogens is 369 g/mol. The van der Waals surface area contributed by atoms with Crippen molar-refractivity contribution in [1.82, 2.24) is 4.57 Å². The Bertz CT molecular complexity index is 1070. The lowest BCUT2D eigenvalue weighted by atomic mass is 10.0. The maximum atomic E-state index is 12.7. The zero-order valence-electron chi connectivity index (χ0n) is 14.3. The van der Waals surface area contributed by atoms with Crippen LogP contribution < -0.4 is 0 Å². The molecule has 0 atom stereocenters. The molecule has 0 amide bonds. The number of alkyl halides is 3. The van der Waals surface area contributed by atoms with Crippen LogP contribution in [-0.4, -0.2) is 15.6 Å². The maximum absolute atomic E-state index is 12.7. The Balaban J connectivity index is 1.96. The summed E-state index contributed by atoms with van der Waals surface area (Å²) >= 11 is 0. The number of allylic oxidation sites excluding steroid dienone is 1. The number of benzene rings is 2. The highest BCUT2D eigenvalue weighted by Gasteiger charge is 2.30. The first kappa shape index (κ1) is 19.0. The van der Waals surface area contributed by atoms with Gasteiger partial charge in [0.1, 0.15) is 0 Å². The normalized spacial score (nSPS) is 11.9. The molecule has 28 heavy (non-hydrogen) atoms. The first-order chi connectivity index (χ1) is 13.3. The molecule has 2 aromatic carbocycles. The number of hydrogen-bond acceptors (Lipinski definition) is 2. The molecule has 0 saturated carbocycles. The number of carboxylic acid groups (broad SMARTS) is 1. The Kier molecular flexibility index (Phi) is 5.05. The molecule has 0 fully saturated rings. The summed E-state index contributed by atoms with van der Waals surface area (Å²) in [6, 6.07) is 16.1. The average Bonchev–Trinajstić information content (AvgIpc) is 3.14. The van der Waals surface area contributed by atoms with Crippen LogP contribution in [0.3, 0.4) is 0 Å². The second-order valence-corrected chi connectivity index (χ2v) is 5.90. The lowest BCUT2D eigenvalue weighted by molar-refractivity contribution is -0.137. The number of nitrogens with zero attached hydrogens (tertiary/aromatic N) is 2. The van der Waals surface area contributed by atoms with Crippen LogP contribution in [0.4, 0.5) is 13.2 Å². The molecule has 0 aliphatic heterocycles. The molecule has 0 unspecified atom stereocenters. The van der Waals surface area contributed by atoms with Gasteiger partial charge in [0.25, 0.3) is 0 Å². The maximum Gasteiger partial charge on any atom is 0.416 e. The van der Waals surface area contributed by atoms with E-state index in [0.29, 0.717) is 16.9 Å². The molecule has 0 aliphatic carbocycles. The molecule has 7 heteroatoms. The third-order valence-corrected chi connectivity index (χ3v) is 4.11. The van der Waals surface area contributed by atoms with E-state index in [9.17, 15) is 23.2 Å². The van der Waals surface area contributed by atoms with Crippen LogP contribution >= 0.6 is 0 Å². The number of halogens is 3. The zero-order valence-corrected chi connectivity index (χ0v) is 14.3. The molecule has 0 spiro atoms. The van der Waals surface area contributed by atoms with E-state index in [0.717, 1.165) is 12.1 Å². The fraction of sp³-hybridized carbons (Fsp3) is 0.0476. The van der Waals surface area contributed by atoms with Gasteiger partial charge >= 0.3 is 12.1 Å². The van der Waals surface area contributed by atoms with Crippen molar-refractivity contribution in [3.05, 3.63) is 89.2 Å². The second kappa shape index (κ2) is 7.45. The first-order valence-corrected chi connectivity index (χ1v) is 8.10. The van der Waals surface area contributed by atoms with Gasteiger partial charge in [0.2, 0.25) is 0 Å². The van der Waals surface area contributed by atoms with Gasteiger partial charge < -0.3 is 9.67 Å².